The number of nitrogens with zero attached hydrogens (tertiary/aromatic N) is 2. The third-order valence-corrected chi connectivity index (χ3v) is 5.64. The largest absolute Gasteiger partial charge is 0.370 e. The van der Waals surface area contributed by atoms with E-state index in [2.05, 4.69) is 4.90 Å². The van der Waals surface area contributed by atoms with Crippen molar-refractivity contribution in [3.05, 3.63) is 30.1 Å². The van der Waals surface area contributed by atoms with Gasteiger partial charge in [-0.1, -0.05) is 19.3 Å². The van der Waals surface area contributed by atoms with Gasteiger partial charge >= 0.3 is 0 Å². The van der Waals surface area contributed by atoms with E-state index in [1.54, 1.807) is 17.0 Å². The van der Waals surface area contributed by atoms with Crippen molar-refractivity contribution in [3.8, 4) is 0 Å². The van der Waals surface area contributed by atoms with Crippen LogP contribution in [0.25, 0.3) is 0 Å². The zero-order chi connectivity index (χ0) is 19.2. The Morgan fingerprint density at radius 1 is 1.04 bits per heavy atom. The molecule has 0 unspecified atom stereocenters. The number of carbonyl (C=O) groups is 2. The average molecular weight is 375 g/mol. The first-order valence-electron chi connectivity index (χ1n) is 10.1. The van der Waals surface area contributed by atoms with Crippen molar-refractivity contribution >= 4 is 17.5 Å². The van der Waals surface area contributed by atoms with Crippen LogP contribution in [0.15, 0.2) is 24.3 Å². The smallest absolute Gasteiger partial charge is 0.241 e. The second kappa shape index (κ2) is 9.31. The summed E-state index contributed by atoms with van der Waals surface area (Å²) in [6.07, 6.45) is 8.63. The van der Waals surface area contributed by atoms with E-state index in [9.17, 15) is 14.0 Å². The molecule has 2 N–H and O–H groups in total. The molecule has 0 spiro atoms. The Bertz CT molecular complexity index is 639. The monoisotopic (exact) mass is 375 g/mol. The van der Waals surface area contributed by atoms with Gasteiger partial charge in [-0.3, -0.25) is 14.5 Å². The summed E-state index contributed by atoms with van der Waals surface area (Å²) in [5, 5.41) is 0. The predicted octanol–water partition coefficient (Wildman–Crippen LogP) is 3.08. The minimum atomic E-state index is -0.447. The van der Waals surface area contributed by atoms with Gasteiger partial charge in [0.25, 0.3) is 0 Å². The summed E-state index contributed by atoms with van der Waals surface area (Å²) in [6, 6.07) is 6.31. The van der Waals surface area contributed by atoms with Gasteiger partial charge in [0.15, 0.2) is 0 Å². The first-order valence-corrected chi connectivity index (χ1v) is 10.1. The van der Waals surface area contributed by atoms with Gasteiger partial charge in [-0.25, -0.2) is 4.39 Å². The molecule has 27 heavy (non-hydrogen) atoms. The molecule has 2 amide bonds. The van der Waals surface area contributed by atoms with Crippen molar-refractivity contribution in [2.24, 2.45) is 11.7 Å². The molecule has 2 aliphatic rings. The Balaban J connectivity index is 1.71. The molecule has 5 nitrogen and oxygen atoms in total. The first-order chi connectivity index (χ1) is 13.0. The van der Waals surface area contributed by atoms with E-state index in [-0.39, 0.29) is 24.7 Å². The highest BCUT2D eigenvalue weighted by Gasteiger charge is 2.31. The topological polar surface area (TPSA) is 66.6 Å². The highest BCUT2D eigenvalue weighted by atomic mass is 19.1. The van der Waals surface area contributed by atoms with E-state index in [1.165, 1.54) is 44.2 Å². The number of amides is 2. The summed E-state index contributed by atoms with van der Waals surface area (Å²) in [4.78, 5) is 28.3. The number of anilines is 1. The fourth-order valence-electron chi connectivity index (χ4n) is 3.92. The zero-order valence-corrected chi connectivity index (χ0v) is 15.9. The van der Waals surface area contributed by atoms with E-state index in [0.29, 0.717) is 24.2 Å². The molecular formula is C21H30FN3O2. The highest BCUT2D eigenvalue weighted by Crippen LogP contribution is 2.32. The molecule has 0 radical (unpaired) electrons. The molecule has 1 aromatic carbocycles. The van der Waals surface area contributed by atoms with Crippen LogP contribution < -0.4 is 10.6 Å². The van der Waals surface area contributed by atoms with Gasteiger partial charge in [0.05, 0.1) is 6.54 Å². The van der Waals surface area contributed by atoms with Crippen molar-refractivity contribution in [2.75, 3.05) is 24.5 Å². The number of benzene rings is 1. The van der Waals surface area contributed by atoms with Gasteiger partial charge in [-0.2, -0.15) is 0 Å². The Labute approximate surface area is 160 Å². The molecule has 0 saturated heterocycles. The number of hydrogen-bond acceptors (Lipinski definition) is 3. The molecule has 0 bridgehead atoms. The number of primary amides is 1. The highest BCUT2D eigenvalue weighted by molar-refractivity contribution is 5.95. The predicted molar refractivity (Wildman–Crippen MR) is 104 cm³/mol. The van der Waals surface area contributed by atoms with Crippen LogP contribution in [-0.2, 0) is 9.59 Å². The van der Waals surface area contributed by atoms with E-state index >= 15 is 0 Å². The zero-order valence-electron chi connectivity index (χ0n) is 15.9. The lowest BCUT2D eigenvalue weighted by Crippen LogP contribution is -2.47. The Morgan fingerprint density at radius 2 is 1.70 bits per heavy atom. The molecule has 0 aliphatic heterocycles. The van der Waals surface area contributed by atoms with Gasteiger partial charge in [0, 0.05) is 31.2 Å². The molecule has 2 fully saturated rings. The number of nitrogens with two attached hydrogens (primary N) is 1. The van der Waals surface area contributed by atoms with Crippen LogP contribution in [0.5, 0.6) is 0 Å². The molecular weight excluding hydrogens is 345 g/mol. The first kappa shape index (κ1) is 19.8. The summed E-state index contributed by atoms with van der Waals surface area (Å²) >= 11 is 0. The van der Waals surface area contributed by atoms with Gasteiger partial charge in [0.1, 0.15) is 5.82 Å². The molecule has 1 aromatic rings. The summed E-state index contributed by atoms with van der Waals surface area (Å²) in [5.41, 5.74) is 5.90. The van der Waals surface area contributed by atoms with E-state index in [1.807, 2.05) is 0 Å². The maximum absolute atomic E-state index is 13.3. The van der Waals surface area contributed by atoms with Crippen LogP contribution >= 0.6 is 0 Å². The summed E-state index contributed by atoms with van der Waals surface area (Å²) in [6.45, 7) is 1.54. The lowest BCUT2D eigenvalue weighted by Gasteiger charge is -2.35. The molecule has 3 rings (SSSR count). The van der Waals surface area contributed by atoms with Crippen molar-refractivity contribution in [1.29, 1.82) is 0 Å². The number of halogens is 1. The van der Waals surface area contributed by atoms with Crippen LogP contribution in [0, 0.1) is 11.7 Å². The van der Waals surface area contributed by atoms with Crippen LogP contribution in [0.2, 0.25) is 0 Å². The van der Waals surface area contributed by atoms with Crippen LogP contribution in [0.1, 0.15) is 51.4 Å². The third kappa shape index (κ3) is 6.03. The normalized spacial score (nSPS) is 17.9. The van der Waals surface area contributed by atoms with E-state index in [0.717, 1.165) is 19.4 Å². The van der Waals surface area contributed by atoms with Crippen molar-refractivity contribution in [1.82, 2.24) is 4.90 Å². The lowest BCUT2D eigenvalue weighted by atomic mass is 9.94. The summed E-state index contributed by atoms with van der Waals surface area (Å²) in [7, 11) is 0. The molecule has 2 aliphatic carbocycles. The molecule has 6 heteroatoms. The minimum absolute atomic E-state index is 0.0471. The summed E-state index contributed by atoms with van der Waals surface area (Å²) in [5.74, 6) is -0.130. The number of carbonyl (C=O) groups excluding carboxylic acids is 2. The van der Waals surface area contributed by atoms with Crippen LogP contribution in [0.3, 0.4) is 0 Å². The molecule has 148 valence electrons. The van der Waals surface area contributed by atoms with Gasteiger partial charge in [-0.15, -0.1) is 0 Å². The Hall–Kier alpha value is -1.95. The van der Waals surface area contributed by atoms with Crippen LogP contribution in [0.4, 0.5) is 10.1 Å². The second-order valence-electron chi connectivity index (χ2n) is 7.90. The molecule has 0 heterocycles. The van der Waals surface area contributed by atoms with Crippen LogP contribution in [-0.4, -0.2) is 42.4 Å². The molecule has 0 atom stereocenters. The SMILES string of the molecule is NC(=O)CCN(C(=O)CN(CC1CC1)C1CCCCC1)c1ccc(F)cc1. The fraction of sp³-hybridized carbons (Fsp3) is 0.619. The van der Waals surface area contributed by atoms with Gasteiger partial charge in [-0.05, 0) is 55.9 Å². The maximum Gasteiger partial charge on any atom is 0.241 e. The third-order valence-electron chi connectivity index (χ3n) is 5.64. The Morgan fingerprint density at radius 3 is 2.30 bits per heavy atom. The number of rotatable bonds is 9. The maximum atomic E-state index is 13.3. The van der Waals surface area contributed by atoms with E-state index < -0.39 is 5.91 Å². The second-order valence-corrected chi connectivity index (χ2v) is 7.90. The van der Waals surface area contributed by atoms with E-state index in [4.69, 9.17) is 5.73 Å². The summed E-state index contributed by atoms with van der Waals surface area (Å²) < 4.78 is 13.3. The quantitative estimate of drug-likeness (QED) is 0.721. The van der Waals surface area contributed by atoms with Crippen molar-refractivity contribution in [2.45, 2.75) is 57.4 Å². The minimum Gasteiger partial charge on any atom is -0.370 e. The fourth-order valence-corrected chi connectivity index (χ4v) is 3.92. The number of hydrogen-bond donors (Lipinski definition) is 1. The average Bonchev–Trinajstić information content (AvgIpc) is 3.47. The van der Waals surface area contributed by atoms with Gasteiger partial charge < -0.3 is 10.6 Å². The molecule has 2 saturated carbocycles. The Kier molecular flexibility index (Phi) is 6.83. The lowest BCUT2D eigenvalue weighted by molar-refractivity contribution is -0.120. The standard InChI is InChI=1S/C21H30FN3O2/c22-17-8-10-19(11-9-17)25(13-12-20(23)26)21(27)15-24(14-16-6-7-16)18-4-2-1-3-5-18/h8-11,16,18H,1-7,12-15H2,(H2,23,26). The molecule has 0 aromatic heterocycles. The van der Waals surface area contributed by atoms with Crippen molar-refractivity contribution in [3.63, 3.8) is 0 Å². The van der Waals surface area contributed by atoms with Gasteiger partial charge in [0.2, 0.25) is 11.8 Å². The van der Waals surface area contributed by atoms with Crippen molar-refractivity contribution < 1.29 is 14.0 Å².